The fourth-order valence-electron chi connectivity index (χ4n) is 2.45. The van der Waals surface area contributed by atoms with E-state index in [0.717, 1.165) is 69.9 Å². The summed E-state index contributed by atoms with van der Waals surface area (Å²) in [6, 6.07) is 3.94. The Morgan fingerprint density at radius 2 is 1.47 bits per heavy atom. The van der Waals surface area contributed by atoms with Crippen LogP contribution < -0.4 is 15.5 Å². The number of hydrogen-bond acceptors (Lipinski definition) is 6. The van der Waals surface area contributed by atoms with E-state index in [1.807, 2.05) is 12.1 Å². The van der Waals surface area contributed by atoms with Crippen LogP contribution in [0.25, 0.3) is 0 Å². The van der Waals surface area contributed by atoms with Crippen LogP contribution in [0.5, 0.6) is 0 Å². The van der Waals surface area contributed by atoms with Gasteiger partial charge in [-0.1, -0.05) is 0 Å². The van der Waals surface area contributed by atoms with E-state index in [1.54, 1.807) is 0 Å². The summed E-state index contributed by atoms with van der Waals surface area (Å²) in [5.41, 5.74) is 6.80. The average Bonchev–Trinajstić information content (AvgIpc) is 2.49. The lowest BCUT2D eigenvalue weighted by molar-refractivity contribution is 0.121. The van der Waals surface area contributed by atoms with Crippen LogP contribution in [0.2, 0.25) is 0 Å². The van der Waals surface area contributed by atoms with E-state index in [0.29, 0.717) is 0 Å². The normalized spacial score (nSPS) is 20.6. The molecule has 0 spiro atoms. The summed E-state index contributed by atoms with van der Waals surface area (Å²) in [6.45, 7) is 6.48. The predicted molar refractivity (Wildman–Crippen MR) is 74.7 cm³/mol. The largest absolute Gasteiger partial charge is 0.396 e. The maximum absolute atomic E-state index is 6.06. The van der Waals surface area contributed by atoms with E-state index in [1.165, 1.54) is 0 Å². The van der Waals surface area contributed by atoms with E-state index in [-0.39, 0.29) is 0 Å². The van der Waals surface area contributed by atoms with Gasteiger partial charge >= 0.3 is 0 Å². The lowest BCUT2D eigenvalue weighted by Crippen LogP contribution is -2.39. The fraction of sp³-hybridized carbons (Fsp3) is 0.615. The van der Waals surface area contributed by atoms with Crippen LogP contribution in [-0.2, 0) is 9.47 Å². The van der Waals surface area contributed by atoms with Crippen molar-refractivity contribution < 1.29 is 9.47 Å². The molecule has 2 N–H and O–H groups in total. The molecule has 3 heterocycles. The lowest BCUT2D eigenvalue weighted by Gasteiger charge is -2.31. The zero-order valence-corrected chi connectivity index (χ0v) is 11.0. The number of ether oxygens (including phenoxy) is 2. The number of morpholine rings is 2. The second-order valence-electron chi connectivity index (χ2n) is 4.78. The highest BCUT2D eigenvalue weighted by molar-refractivity contribution is 5.66. The number of nitrogens with zero attached hydrogens (tertiary/aromatic N) is 3. The molecule has 19 heavy (non-hydrogen) atoms. The fourth-order valence-corrected chi connectivity index (χ4v) is 2.45. The number of aromatic nitrogens is 1. The molecule has 6 heteroatoms. The molecule has 1 aromatic rings. The number of nitrogen functional groups attached to an aromatic ring is 1. The SMILES string of the molecule is Nc1ccc(N2CCOCC2)nc1N1CCOCC1. The third-order valence-corrected chi connectivity index (χ3v) is 3.54. The maximum atomic E-state index is 6.06. The van der Waals surface area contributed by atoms with Gasteiger partial charge in [-0.25, -0.2) is 4.98 Å². The molecule has 0 radical (unpaired) electrons. The van der Waals surface area contributed by atoms with Gasteiger partial charge in [-0.05, 0) is 12.1 Å². The van der Waals surface area contributed by atoms with E-state index in [2.05, 4.69) is 9.80 Å². The van der Waals surface area contributed by atoms with Gasteiger partial charge in [0.25, 0.3) is 0 Å². The Morgan fingerprint density at radius 1 is 0.895 bits per heavy atom. The molecule has 2 saturated heterocycles. The Balaban J connectivity index is 1.82. The van der Waals surface area contributed by atoms with Crippen LogP contribution in [0.1, 0.15) is 0 Å². The van der Waals surface area contributed by atoms with Crippen LogP contribution >= 0.6 is 0 Å². The van der Waals surface area contributed by atoms with E-state index < -0.39 is 0 Å². The van der Waals surface area contributed by atoms with E-state index >= 15 is 0 Å². The van der Waals surface area contributed by atoms with Gasteiger partial charge in [0.2, 0.25) is 0 Å². The topological polar surface area (TPSA) is 63.8 Å². The van der Waals surface area contributed by atoms with Crippen LogP contribution in [0.3, 0.4) is 0 Å². The summed E-state index contributed by atoms with van der Waals surface area (Å²) in [6.07, 6.45) is 0. The summed E-state index contributed by atoms with van der Waals surface area (Å²) < 4.78 is 10.7. The number of nitrogens with two attached hydrogens (primary N) is 1. The summed E-state index contributed by atoms with van der Waals surface area (Å²) in [5, 5.41) is 0. The first-order chi connectivity index (χ1) is 9.34. The molecule has 2 fully saturated rings. The first-order valence-electron chi connectivity index (χ1n) is 6.76. The average molecular weight is 264 g/mol. The standard InChI is InChI=1S/C13H20N4O2/c14-11-1-2-12(16-3-7-18-8-4-16)15-13(11)17-5-9-19-10-6-17/h1-2H,3-10,14H2. The van der Waals surface area contributed by atoms with Crippen molar-refractivity contribution in [3.05, 3.63) is 12.1 Å². The van der Waals surface area contributed by atoms with Crippen molar-refractivity contribution in [3.63, 3.8) is 0 Å². The first-order valence-corrected chi connectivity index (χ1v) is 6.76. The van der Waals surface area contributed by atoms with E-state index in [9.17, 15) is 0 Å². The summed E-state index contributed by atoms with van der Waals surface area (Å²) >= 11 is 0. The number of hydrogen-bond donors (Lipinski definition) is 1. The molecule has 2 aliphatic rings. The minimum absolute atomic E-state index is 0.735. The molecule has 3 rings (SSSR count). The quantitative estimate of drug-likeness (QED) is 0.831. The molecule has 1 aromatic heterocycles. The van der Waals surface area contributed by atoms with Gasteiger partial charge < -0.3 is 25.0 Å². The van der Waals surface area contributed by atoms with Gasteiger partial charge in [-0.15, -0.1) is 0 Å². The Kier molecular flexibility index (Phi) is 3.70. The summed E-state index contributed by atoms with van der Waals surface area (Å²) in [4.78, 5) is 9.18. The first kappa shape index (κ1) is 12.5. The predicted octanol–water partition coefficient (Wildman–Crippen LogP) is 0.337. The minimum atomic E-state index is 0.735. The van der Waals surface area contributed by atoms with Crippen molar-refractivity contribution in [2.75, 3.05) is 68.1 Å². The lowest BCUT2D eigenvalue weighted by atomic mass is 10.3. The molecule has 0 atom stereocenters. The minimum Gasteiger partial charge on any atom is -0.396 e. The van der Waals surface area contributed by atoms with Crippen molar-refractivity contribution >= 4 is 17.3 Å². The summed E-state index contributed by atoms with van der Waals surface area (Å²) in [5.74, 6) is 1.87. The van der Waals surface area contributed by atoms with Gasteiger partial charge in [0, 0.05) is 26.2 Å². The molecule has 6 nitrogen and oxygen atoms in total. The third kappa shape index (κ3) is 2.74. The van der Waals surface area contributed by atoms with Crippen molar-refractivity contribution in [1.29, 1.82) is 0 Å². The van der Waals surface area contributed by atoms with Gasteiger partial charge in [0.1, 0.15) is 5.82 Å². The molecule has 0 aliphatic carbocycles. The van der Waals surface area contributed by atoms with Crippen molar-refractivity contribution in [3.8, 4) is 0 Å². The number of anilines is 3. The highest BCUT2D eigenvalue weighted by Crippen LogP contribution is 2.25. The second-order valence-corrected chi connectivity index (χ2v) is 4.78. The molecular formula is C13H20N4O2. The van der Waals surface area contributed by atoms with Crippen LogP contribution in [-0.4, -0.2) is 57.6 Å². The Labute approximate surface area is 113 Å². The second kappa shape index (κ2) is 5.63. The van der Waals surface area contributed by atoms with Crippen LogP contribution in [0.15, 0.2) is 12.1 Å². The molecule has 0 amide bonds. The zero-order valence-electron chi connectivity index (χ0n) is 11.0. The Bertz CT molecular complexity index is 429. The number of rotatable bonds is 2. The van der Waals surface area contributed by atoms with Crippen molar-refractivity contribution in [2.24, 2.45) is 0 Å². The van der Waals surface area contributed by atoms with Gasteiger partial charge in [-0.3, -0.25) is 0 Å². The van der Waals surface area contributed by atoms with Crippen molar-refractivity contribution in [2.45, 2.75) is 0 Å². The Hall–Kier alpha value is -1.53. The van der Waals surface area contributed by atoms with Gasteiger partial charge in [0.15, 0.2) is 5.82 Å². The smallest absolute Gasteiger partial charge is 0.154 e. The maximum Gasteiger partial charge on any atom is 0.154 e. The molecule has 2 aliphatic heterocycles. The highest BCUT2D eigenvalue weighted by Gasteiger charge is 2.18. The zero-order chi connectivity index (χ0) is 13.1. The molecule has 104 valence electrons. The summed E-state index contributed by atoms with van der Waals surface area (Å²) in [7, 11) is 0. The molecule has 0 bridgehead atoms. The molecule has 0 aromatic carbocycles. The molecule has 0 unspecified atom stereocenters. The highest BCUT2D eigenvalue weighted by atomic mass is 16.5. The Morgan fingerprint density at radius 3 is 2.11 bits per heavy atom. The van der Waals surface area contributed by atoms with Gasteiger partial charge in [-0.2, -0.15) is 0 Å². The molecule has 0 saturated carbocycles. The monoisotopic (exact) mass is 264 g/mol. The van der Waals surface area contributed by atoms with Gasteiger partial charge in [0.05, 0.1) is 32.1 Å². The van der Waals surface area contributed by atoms with Crippen LogP contribution in [0, 0.1) is 0 Å². The molecular weight excluding hydrogens is 244 g/mol. The van der Waals surface area contributed by atoms with Crippen LogP contribution in [0.4, 0.5) is 17.3 Å². The van der Waals surface area contributed by atoms with E-state index in [4.69, 9.17) is 20.2 Å². The number of pyridine rings is 1. The third-order valence-electron chi connectivity index (χ3n) is 3.54. The van der Waals surface area contributed by atoms with Crippen molar-refractivity contribution in [1.82, 2.24) is 4.98 Å².